The first-order valence-electron chi connectivity index (χ1n) is 12.4. The number of halogens is 4. The number of nitrogens with zero attached hydrogens (tertiary/aromatic N) is 3. The number of rotatable bonds is 9. The first kappa shape index (κ1) is 29.1. The number of carbonyl (C=O) groups is 2. The molecule has 0 fully saturated rings. The van der Waals surface area contributed by atoms with E-state index in [2.05, 4.69) is 5.10 Å². The molecule has 4 rings (SSSR count). The maximum Gasteiger partial charge on any atom is 0.416 e. The molecule has 7 nitrogen and oxygen atoms in total. The number of hydrogen-bond donors (Lipinski definition) is 0. The normalized spacial score (nSPS) is 15.1. The van der Waals surface area contributed by atoms with Gasteiger partial charge in [-0.05, 0) is 36.4 Å². The van der Waals surface area contributed by atoms with Crippen LogP contribution in [0.5, 0.6) is 5.75 Å². The number of alkyl halides is 3. The fourth-order valence-corrected chi connectivity index (χ4v) is 4.70. The summed E-state index contributed by atoms with van der Waals surface area (Å²) in [5.74, 6) is -0.533. The van der Waals surface area contributed by atoms with Gasteiger partial charge in [-0.25, -0.2) is 5.01 Å². The molecule has 0 saturated carbocycles. The van der Waals surface area contributed by atoms with Crippen molar-refractivity contribution in [1.82, 2.24) is 9.91 Å². The Balaban J connectivity index is 1.65. The van der Waals surface area contributed by atoms with Crippen molar-refractivity contribution >= 4 is 29.1 Å². The van der Waals surface area contributed by atoms with Crippen molar-refractivity contribution in [3.63, 3.8) is 0 Å². The lowest BCUT2D eigenvalue weighted by Gasteiger charge is -2.27. The Morgan fingerprint density at radius 2 is 1.70 bits per heavy atom. The topological polar surface area (TPSA) is 71.4 Å². The summed E-state index contributed by atoms with van der Waals surface area (Å²) in [4.78, 5) is 28.3. The summed E-state index contributed by atoms with van der Waals surface area (Å²) in [6, 6.07) is 17.7. The average molecular weight is 574 g/mol. The van der Waals surface area contributed by atoms with E-state index in [0.717, 1.165) is 29.8 Å². The fraction of sp³-hybridized carbons (Fsp3) is 0.276. The molecule has 0 unspecified atom stereocenters. The summed E-state index contributed by atoms with van der Waals surface area (Å²) in [6.07, 6.45) is -4.19. The zero-order valence-corrected chi connectivity index (χ0v) is 22.6. The highest BCUT2D eigenvalue weighted by atomic mass is 35.5. The van der Waals surface area contributed by atoms with E-state index in [4.69, 9.17) is 21.1 Å². The molecule has 0 aromatic heterocycles. The van der Waals surface area contributed by atoms with E-state index in [0.29, 0.717) is 28.5 Å². The van der Waals surface area contributed by atoms with Crippen LogP contribution in [0, 0.1) is 0 Å². The minimum Gasteiger partial charge on any atom is -0.496 e. The molecule has 0 spiro atoms. The van der Waals surface area contributed by atoms with Crippen LogP contribution in [0.15, 0.2) is 77.9 Å². The lowest BCUT2D eigenvalue weighted by atomic mass is 9.97. The van der Waals surface area contributed by atoms with Crippen LogP contribution in [0.1, 0.15) is 39.5 Å². The lowest BCUT2D eigenvalue weighted by molar-refractivity contribution is -0.137. The molecule has 1 aliphatic rings. The summed E-state index contributed by atoms with van der Waals surface area (Å²) in [5, 5.41) is 6.42. The van der Waals surface area contributed by atoms with E-state index in [-0.39, 0.29) is 25.3 Å². The Labute approximate surface area is 234 Å². The molecular weight excluding hydrogens is 547 g/mol. The van der Waals surface area contributed by atoms with E-state index < -0.39 is 29.6 Å². The quantitative estimate of drug-likeness (QED) is 0.323. The van der Waals surface area contributed by atoms with Crippen LogP contribution in [0.2, 0.25) is 5.02 Å². The first-order chi connectivity index (χ1) is 19.1. The second-order valence-corrected chi connectivity index (χ2v) is 9.43. The molecule has 0 radical (unpaired) electrons. The van der Waals surface area contributed by atoms with Gasteiger partial charge < -0.3 is 14.4 Å². The second kappa shape index (κ2) is 12.5. The zero-order chi connectivity index (χ0) is 28.9. The minimum atomic E-state index is -4.53. The second-order valence-electron chi connectivity index (χ2n) is 9.02. The summed E-state index contributed by atoms with van der Waals surface area (Å²) < 4.78 is 49.7. The van der Waals surface area contributed by atoms with E-state index >= 15 is 0 Å². The molecule has 0 saturated heterocycles. The van der Waals surface area contributed by atoms with Crippen molar-refractivity contribution in [3.8, 4) is 5.75 Å². The number of hydrazone groups is 1. The van der Waals surface area contributed by atoms with Crippen molar-refractivity contribution in [2.45, 2.75) is 18.6 Å². The third kappa shape index (κ3) is 6.46. The van der Waals surface area contributed by atoms with Crippen molar-refractivity contribution in [2.75, 3.05) is 33.9 Å². The van der Waals surface area contributed by atoms with Crippen LogP contribution < -0.4 is 4.74 Å². The average Bonchev–Trinajstić information content (AvgIpc) is 3.40. The van der Waals surface area contributed by atoms with Crippen LogP contribution in [-0.4, -0.2) is 61.4 Å². The number of ether oxygens (including phenoxy) is 2. The molecule has 0 N–H and O–H groups in total. The Kier molecular flexibility index (Phi) is 9.11. The highest BCUT2D eigenvalue weighted by molar-refractivity contribution is 6.34. The van der Waals surface area contributed by atoms with Gasteiger partial charge in [-0.3, -0.25) is 9.59 Å². The van der Waals surface area contributed by atoms with Crippen molar-refractivity contribution in [2.24, 2.45) is 5.10 Å². The van der Waals surface area contributed by atoms with Crippen molar-refractivity contribution in [1.29, 1.82) is 0 Å². The number of para-hydroxylation sites is 1. The monoisotopic (exact) mass is 573 g/mol. The predicted octanol–water partition coefficient (Wildman–Crippen LogP) is 5.83. The highest BCUT2D eigenvalue weighted by Gasteiger charge is 2.36. The van der Waals surface area contributed by atoms with Gasteiger partial charge in [0.1, 0.15) is 12.3 Å². The molecule has 1 atom stereocenters. The van der Waals surface area contributed by atoms with Gasteiger partial charge in [0.25, 0.3) is 11.8 Å². The summed E-state index contributed by atoms with van der Waals surface area (Å²) in [6.45, 7) is -0.228. The minimum absolute atomic E-state index is 0.0138. The van der Waals surface area contributed by atoms with E-state index in [1.54, 1.807) is 18.2 Å². The van der Waals surface area contributed by atoms with Crippen molar-refractivity contribution in [3.05, 3.63) is 100 Å². The molecule has 2 amide bonds. The first-order valence-corrected chi connectivity index (χ1v) is 12.7. The lowest BCUT2D eigenvalue weighted by Crippen LogP contribution is -2.42. The van der Waals surface area contributed by atoms with Gasteiger partial charge in [-0.1, -0.05) is 48.0 Å². The molecule has 0 bridgehead atoms. The van der Waals surface area contributed by atoms with Crippen LogP contribution in [0.4, 0.5) is 13.2 Å². The predicted molar refractivity (Wildman–Crippen MR) is 144 cm³/mol. The molecule has 11 heteroatoms. The van der Waals surface area contributed by atoms with Crippen LogP contribution in [-0.2, 0) is 15.7 Å². The SMILES string of the molecule is COCCN(CC(=O)N1N=C(c2ccccc2Cl)C[C@H]1c1ccccc1OC)C(=O)c1ccc(C(F)(F)F)cc1. The maximum absolute atomic E-state index is 13.7. The molecule has 0 aliphatic carbocycles. The van der Waals surface area contributed by atoms with E-state index in [1.165, 1.54) is 24.1 Å². The number of carbonyl (C=O) groups excluding carboxylic acids is 2. The highest BCUT2D eigenvalue weighted by Crippen LogP contribution is 2.38. The Bertz CT molecular complexity index is 1400. The van der Waals surface area contributed by atoms with Gasteiger partial charge in [-0.2, -0.15) is 18.3 Å². The largest absolute Gasteiger partial charge is 0.496 e. The Hall–Kier alpha value is -3.89. The molecule has 3 aromatic carbocycles. The molecular formula is C29H27ClF3N3O4. The molecule has 1 heterocycles. The molecule has 3 aromatic rings. The molecule has 40 heavy (non-hydrogen) atoms. The number of methoxy groups -OCH3 is 2. The van der Waals surface area contributed by atoms with Gasteiger partial charge in [-0.15, -0.1) is 0 Å². The van der Waals surface area contributed by atoms with Crippen molar-refractivity contribution < 1.29 is 32.2 Å². The Morgan fingerprint density at radius 3 is 2.35 bits per heavy atom. The third-order valence-electron chi connectivity index (χ3n) is 6.49. The van der Waals surface area contributed by atoms with E-state index in [9.17, 15) is 22.8 Å². The summed E-state index contributed by atoms with van der Waals surface area (Å²) in [7, 11) is 2.98. The van der Waals surface area contributed by atoms with Gasteiger partial charge in [0, 0.05) is 41.8 Å². The van der Waals surface area contributed by atoms with Crippen LogP contribution >= 0.6 is 11.6 Å². The Morgan fingerprint density at radius 1 is 1.02 bits per heavy atom. The summed E-state index contributed by atoms with van der Waals surface area (Å²) >= 11 is 6.43. The molecule has 1 aliphatic heterocycles. The summed E-state index contributed by atoms with van der Waals surface area (Å²) in [5.41, 5.74) is 1.13. The van der Waals surface area contributed by atoms with Gasteiger partial charge in [0.2, 0.25) is 0 Å². The van der Waals surface area contributed by atoms with E-state index in [1.807, 2.05) is 30.3 Å². The maximum atomic E-state index is 13.7. The number of hydrogen-bond acceptors (Lipinski definition) is 5. The number of benzene rings is 3. The van der Waals surface area contributed by atoms with Crippen LogP contribution in [0.3, 0.4) is 0 Å². The zero-order valence-electron chi connectivity index (χ0n) is 21.8. The van der Waals surface area contributed by atoms with Crippen LogP contribution in [0.25, 0.3) is 0 Å². The third-order valence-corrected chi connectivity index (χ3v) is 6.82. The van der Waals surface area contributed by atoms with Gasteiger partial charge >= 0.3 is 6.18 Å². The van der Waals surface area contributed by atoms with Gasteiger partial charge in [0.05, 0.1) is 31.0 Å². The van der Waals surface area contributed by atoms with Gasteiger partial charge in [0.15, 0.2) is 0 Å². The smallest absolute Gasteiger partial charge is 0.416 e. The fourth-order valence-electron chi connectivity index (χ4n) is 4.46. The number of amides is 2. The molecule has 210 valence electrons. The standard InChI is InChI=1S/C29H27ClF3N3O4/c1-39-16-15-35(28(38)19-11-13-20(14-12-19)29(31,32)33)18-27(37)36-25(22-8-4-6-10-26(22)40-2)17-24(34-36)21-7-3-5-9-23(21)30/h3-14,25H,15-18H2,1-2H3/t25-/m0/s1.